The smallest absolute Gasteiger partial charge is 0.243 e. The van der Waals surface area contributed by atoms with Gasteiger partial charge >= 0.3 is 0 Å². The zero-order valence-corrected chi connectivity index (χ0v) is 24.1. The SMILES string of the molecule is COc1ccc(CSCC(=O)N(Cc2cccc(Br)c2)[C@@H](Cc2ccccc2)C(=O)NCC(C)C)cc1. The molecule has 3 rings (SSSR count). The van der Waals surface area contributed by atoms with E-state index in [0.29, 0.717) is 31.2 Å². The molecule has 7 heteroatoms. The molecule has 0 aliphatic heterocycles. The Labute approximate surface area is 233 Å². The van der Waals surface area contributed by atoms with Crippen LogP contribution in [0.1, 0.15) is 30.5 Å². The summed E-state index contributed by atoms with van der Waals surface area (Å²) in [7, 11) is 1.64. The summed E-state index contributed by atoms with van der Waals surface area (Å²) >= 11 is 5.08. The van der Waals surface area contributed by atoms with Crippen LogP contribution in [0.25, 0.3) is 0 Å². The lowest BCUT2D eigenvalue weighted by atomic mass is 10.0. The molecule has 0 aromatic heterocycles. The lowest BCUT2D eigenvalue weighted by Crippen LogP contribution is -2.51. The summed E-state index contributed by atoms with van der Waals surface area (Å²) in [5.41, 5.74) is 3.11. The van der Waals surface area contributed by atoms with Crippen molar-refractivity contribution in [3.8, 4) is 5.75 Å². The third-order valence-electron chi connectivity index (χ3n) is 5.85. The first kappa shape index (κ1) is 28.8. The predicted octanol–water partition coefficient (Wildman–Crippen LogP) is 6.10. The predicted molar refractivity (Wildman–Crippen MR) is 156 cm³/mol. The number of hydrogen-bond acceptors (Lipinski definition) is 4. The van der Waals surface area contributed by atoms with Crippen molar-refractivity contribution in [1.82, 2.24) is 10.2 Å². The number of thioether (sulfide) groups is 1. The van der Waals surface area contributed by atoms with Gasteiger partial charge in [0, 0.05) is 29.7 Å². The third-order valence-corrected chi connectivity index (χ3v) is 7.33. The van der Waals surface area contributed by atoms with Crippen molar-refractivity contribution in [3.63, 3.8) is 0 Å². The van der Waals surface area contributed by atoms with Crippen LogP contribution in [0.3, 0.4) is 0 Å². The second-order valence-corrected chi connectivity index (χ2v) is 11.2. The number of nitrogens with one attached hydrogen (secondary N) is 1. The number of carbonyl (C=O) groups excluding carboxylic acids is 2. The van der Waals surface area contributed by atoms with Crippen molar-refractivity contribution in [2.75, 3.05) is 19.4 Å². The average Bonchev–Trinajstić information content (AvgIpc) is 2.90. The summed E-state index contributed by atoms with van der Waals surface area (Å²) in [5.74, 6) is 1.92. The van der Waals surface area contributed by atoms with Gasteiger partial charge in [-0.05, 0) is 46.9 Å². The van der Waals surface area contributed by atoms with Crippen LogP contribution in [0.5, 0.6) is 5.75 Å². The first-order valence-electron chi connectivity index (χ1n) is 12.4. The molecule has 2 amide bonds. The standard InChI is InChI=1S/C30H35BrN2O3S/c1-22(2)18-32-30(35)28(17-23-8-5-4-6-9-23)33(19-25-10-7-11-26(31)16-25)29(34)21-37-20-24-12-14-27(36-3)15-13-24/h4-16,22,28H,17-21H2,1-3H3,(H,32,35)/t28-/m0/s1. The molecule has 0 saturated heterocycles. The molecule has 1 N–H and O–H groups in total. The quantitative estimate of drug-likeness (QED) is 0.264. The van der Waals surface area contributed by atoms with Gasteiger partial charge in [-0.3, -0.25) is 9.59 Å². The molecule has 37 heavy (non-hydrogen) atoms. The van der Waals surface area contributed by atoms with E-state index in [2.05, 4.69) is 35.1 Å². The van der Waals surface area contributed by atoms with Crippen molar-refractivity contribution in [2.24, 2.45) is 5.92 Å². The van der Waals surface area contributed by atoms with Crippen molar-refractivity contribution in [1.29, 1.82) is 0 Å². The highest BCUT2D eigenvalue weighted by molar-refractivity contribution is 9.10. The van der Waals surface area contributed by atoms with E-state index >= 15 is 0 Å². The van der Waals surface area contributed by atoms with E-state index in [1.165, 1.54) is 0 Å². The van der Waals surface area contributed by atoms with Crippen molar-refractivity contribution in [3.05, 3.63) is 100 Å². The van der Waals surface area contributed by atoms with E-state index in [1.54, 1.807) is 23.8 Å². The highest BCUT2D eigenvalue weighted by Gasteiger charge is 2.30. The summed E-state index contributed by atoms with van der Waals surface area (Å²) in [6.45, 7) is 5.04. The highest BCUT2D eigenvalue weighted by atomic mass is 79.9. The number of nitrogens with zero attached hydrogens (tertiary/aromatic N) is 1. The van der Waals surface area contributed by atoms with Crippen LogP contribution in [0.4, 0.5) is 0 Å². The number of rotatable bonds is 13. The molecule has 3 aromatic rings. The number of methoxy groups -OCH3 is 1. The molecule has 0 heterocycles. The van der Waals surface area contributed by atoms with Gasteiger partial charge in [0.2, 0.25) is 11.8 Å². The van der Waals surface area contributed by atoms with E-state index < -0.39 is 6.04 Å². The third kappa shape index (κ3) is 9.56. The molecule has 5 nitrogen and oxygen atoms in total. The zero-order chi connectivity index (χ0) is 26.6. The maximum Gasteiger partial charge on any atom is 0.243 e. The summed E-state index contributed by atoms with van der Waals surface area (Å²) in [6, 6.07) is 25.0. The zero-order valence-electron chi connectivity index (χ0n) is 21.7. The van der Waals surface area contributed by atoms with Gasteiger partial charge in [0.15, 0.2) is 0 Å². The van der Waals surface area contributed by atoms with Crippen LogP contribution in [0.15, 0.2) is 83.3 Å². The summed E-state index contributed by atoms with van der Waals surface area (Å²) in [4.78, 5) is 28.9. The Morgan fingerprint density at radius 3 is 2.30 bits per heavy atom. The Hall–Kier alpha value is -2.77. The Balaban J connectivity index is 1.82. The first-order chi connectivity index (χ1) is 17.9. The number of ether oxygens (including phenoxy) is 1. The molecule has 0 unspecified atom stereocenters. The van der Waals surface area contributed by atoms with Gasteiger partial charge in [0.05, 0.1) is 12.9 Å². The second-order valence-electron chi connectivity index (χ2n) is 9.34. The largest absolute Gasteiger partial charge is 0.497 e. The normalized spacial score (nSPS) is 11.7. The van der Waals surface area contributed by atoms with E-state index in [0.717, 1.165) is 26.9 Å². The van der Waals surface area contributed by atoms with Gasteiger partial charge in [-0.1, -0.05) is 84.4 Å². The minimum absolute atomic E-state index is 0.0564. The summed E-state index contributed by atoms with van der Waals surface area (Å²) in [6.07, 6.45) is 0.452. The Bertz CT molecular complexity index is 1140. The minimum atomic E-state index is -0.616. The molecule has 0 spiro atoms. The summed E-state index contributed by atoms with van der Waals surface area (Å²) in [5, 5.41) is 3.07. The molecule has 0 radical (unpaired) electrons. The fourth-order valence-electron chi connectivity index (χ4n) is 3.87. The molecule has 0 bridgehead atoms. The lowest BCUT2D eigenvalue weighted by Gasteiger charge is -2.32. The van der Waals surface area contributed by atoms with E-state index in [-0.39, 0.29) is 17.6 Å². The fraction of sp³-hybridized carbons (Fsp3) is 0.333. The summed E-state index contributed by atoms with van der Waals surface area (Å²) < 4.78 is 6.17. The number of benzene rings is 3. The molecule has 3 aromatic carbocycles. The van der Waals surface area contributed by atoms with Crippen LogP contribution < -0.4 is 10.1 Å². The number of hydrogen-bond donors (Lipinski definition) is 1. The van der Waals surface area contributed by atoms with E-state index in [4.69, 9.17) is 4.74 Å². The van der Waals surface area contributed by atoms with E-state index in [9.17, 15) is 9.59 Å². The minimum Gasteiger partial charge on any atom is -0.497 e. The van der Waals surface area contributed by atoms with Gasteiger partial charge < -0.3 is 15.0 Å². The maximum atomic E-state index is 13.7. The van der Waals surface area contributed by atoms with Gasteiger partial charge in [0.1, 0.15) is 11.8 Å². The lowest BCUT2D eigenvalue weighted by molar-refractivity contribution is -0.139. The van der Waals surface area contributed by atoms with Gasteiger partial charge in [-0.25, -0.2) is 0 Å². The number of amides is 2. The number of halogens is 1. The van der Waals surface area contributed by atoms with Gasteiger partial charge in [-0.15, -0.1) is 11.8 Å². The van der Waals surface area contributed by atoms with E-state index in [1.807, 2.05) is 78.9 Å². The topological polar surface area (TPSA) is 58.6 Å². The Morgan fingerprint density at radius 1 is 0.946 bits per heavy atom. The van der Waals surface area contributed by atoms with Crippen LogP contribution >= 0.6 is 27.7 Å². The van der Waals surface area contributed by atoms with Crippen molar-refractivity contribution >= 4 is 39.5 Å². The maximum absolute atomic E-state index is 13.7. The number of carbonyl (C=O) groups is 2. The molecule has 196 valence electrons. The van der Waals surface area contributed by atoms with Gasteiger partial charge in [-0.2, -0.15) is 0 Å². The van der Waals surface area contributed by atoms with Crippen LogP contribution in [-0.2, 0) is 28.3 Å². The van der Waals surface area contributed by atoms with Crippen LogP contribution in [-0.4, -0.2) is 42.2 Å². The molecular formula is C30H35BrN2O3S. The molecule has 0 saturated carbocycles. The molecule has 0 fully saturated rings. The Kier molecular flexibility index (Phi) is 11.5. The molecular weight excluding hydrogens is 548 g/mol. The average molecular weight is 584 g/mol. The molecule has 1 atom stereocenters. The second kappa shape index (κ2) is 14.8. The molecule has 0 aliphatic rings. The van der Waals surface area contributed by atoms with Crippen LogP contribution in [0.2, 0.25) is 0 Å². The van der Waals surface area contributed by atoms with Crippen molar-refractivity contribution in [2.45, 2.75) is 38.6 Å². The fourth-order valence-corrected chi connectivity index (χ4v) is 5.19. The molecule has 0 aliphatic carbocycles. The first-order valence-corrected chi connectivity index (χ1v) is 14.4. The van der Waals surface area contributed by atoms with Gasteiger partial charge in [0.25, 0.3) is 0 Å². The van der Waals surface area contributed by atoms with Crippen LogP contribution in [0, 0.1) is 5.92 Å². The Morgan fingerprint density at radius 2 is 1.65 bits per heavy atom. The highest BCUT2D eigenvalue weighted by Crippen LogP contribution is 2.21. The monoisotopic (exact) mass is 582 g/mol. The van der Waals surface area contributed by atoms with Crippen molar-refractivity contribution < 1.29 is 14.3 Å².